The van der Waals surface area contributed by atoms with Crippen LogP contribution in [0, 0.1) is 13.8 Å². The number of aryl methyl sites for hydroxylation is 2. The first-order valence-electron chi connectivity index (χ1n) is 6.85. The Labute approximate surface area is 139 Å². The van der Waals surface area contributed by atoms with Gasteiger partial charge in [0.15, 0.2) is 0 Å². The van der Waals surface area contributed by atoms with E-state index in [1.54, 1.807) is 0 Å². The third kappa shape index (κ3) is 4.22. The maximum absolute atomic E-state index is 6.20. The largest absolute Gasteiger partial charge is 0.457 e. The normalized spacial score (nSPS) is 12.3. The second kappa shape index (κ2) is 6.82. The Hall–Kier alpha value is -1.03. The van der Waals surface area contributed by atoms with Crippen LogP contribution in [0.25, 0.3) is 0 Å². The fraction of sp³-hybridized carbons (Fsp3) is 0.294. The molecule has 0 spiro atoms. The molecule has 4 heteroatoms. The fourth-order valence-corrected chi connectivity index (χ4v) is 2.76. The summed E-state index contributed by atoms with van der Waals surface area (Å²) in [5.74, 6) is 1.62. The molecule has 0 saturated carbocycles. The molecule has 0 aromatic heterocycles. The molecule has 1 unspecified atom stereocenters. The minimum atomic E-state index is 0.0790. The van der Waals surface area contributed by atoms with Gasteiger partial charge in [-0.2, -0.15) is 0 Å². The molecular formula is C17H19BrClNO. The molecule has 0 aliphatic heterocycles. The third-order valence-electron chi connectivity index (χ3n) is 3.20. The SMILES string of the molecule is Cc1cc(Oc2ccc(Br)cc2CC(C)N)cc(C)c1Cl. The van der Waals surface area contributed by atoms with E-state index in [-0.39, 0.29) is 6.04 Å². The van der Waals surface area contributed by atoms with Crippen LogP contribution in [0.2, 0.25) is 5.02 Å². The van der Waals surface area contributed by atoms with Crippen molar-refractivity contribution >= 4 is 27.5 Å². The fourth-order valence-electron chi connectivity index (χ4n) is 2.25. The Balaban J connectivity index is 2.35. The first-order chi connectivity index (χ1) is 9.86. The van der Waals surface area contributed by atoms with Crippen LogP contribution in [0.4, 0.5) is 0 Å². The summed E-state index contributed by atoms with van der Waals surface area (Å²) >= 11 is 9.69. The molecule has 0 saturated heterocycles. The van der Waals surface area contributed by atoms with Crippen molar-refractivity contribution in [2.75, 3.05) is 0 Å². The first-order valence-corrected chi connectivity index (χ1v) is 8.02. The van der Waals surface area contributed by atoms with E-state index in [9.17, 15) is 0 Å². The van der Waals surface area contributed by atoms with Crippen molar-refractivity contribution < 1.29 is 4.74 Å². The molecule has 0 fully saturated rings. The van der Waals surface area contributed by atoms with E-state index in [1.165, 1.54) is 0 Å². The average molecular weight is 369 g/mol. The Morgan fingerprint density at radius 1 is 1.19 bits per heavy atom. The van der Waals surface area contributed by atoms with Crippen LogP contribution in [0.5, 0.6) is 11.5 Å². The van der Waals surface area contributed by atoms with Crippen LogP contribution in [0.1, 0.15) is 23.6 Å². The standard InChI is InChI=1S/C17H19BrClNO/c1-10-6-15(7-11(2)17(10)19)21-16-5-4-14(18)9-13(16)8-12(3)20/h4-7,9,12H,8,20H2,1-3H3. The smallest absolute Gasteiger partial charge is 0.130 e. The molecule has 2 aromatic rings. The first kappa shape index (κ1) is 16.3. The van der Waals surface area contributed by atoms with Crippen molar-refractivity contribution in [2.45, 2.75) is 33.2 Å². The van der Waals surface area contributed by atoms with Gasteiger partial charge in [-0.3, -0.25) is 0 Å². The van der Waals surface area contributed by atoms with E-state index in [4.69, 9.17) is 22.1 Å². The van der Waals surface area contributed by atoms with Gasteiger partial charge in [-0.15, -0.1) is 0 Å². The summed E-state index contributed by atoms with van der Waals surface area (Å²) in [5.41, 5.74) is 9.03. The number of benzene rings is 2. The van der Waals surface area contributed by atoms with E-state index >= 15 is 0 Å². The quantitative estimate of drug-likeness (QED) is 0.784. The molecule has 0 aliphatic rings. The minimum Gasteiger partial charge on any atom is -0.457 e. The van der Waals surface area contributed by atoms with E-state index in [1.807, 2.05) is 51.1 Å². The number of hydrogen-bond donors (Lipinski definition) is 1. The van der Waals surface area contributed by atoms with Gasteiger partial charge in [0, 0.05) is 15.5 Å². The van der Waals surface area contributed by atoms with Crippen molar-refractivity contribution in [2.24, 2.45) is 5.73 Å². The maximum Gasteiger partial charge on any atom is 0.130 e. The van der Waals surface area contributed by atoms with Crippen LogP contribution in [-0.2, 0) is 6.42 Å². The van der Waals surface area contributed by atoms with Gasteiger partial charge in [-0.05, 0) is 74.2 Å². The predicted molar refractivity (Wildman–Crippen MR) is 92.5 cm³/mol. The van der Waals surface area contributed by atoms with Gasteiger partial charge >= 0.3 is 0 Å². The summed E-state index contributed by atoms with van der Waals surface area (Å²) in [6.07, 6.45) is 0.764. The molecule has 0 radical (unpaired) electrons. The van der Waals surface area contributed by atoms with Gasteiger partial charge < -0.3 is 10.5 Å². The highest BCUT2D eigenvalue weighted by Gasteiger charge is 2.10. The van der Waals surface area contributed by atoms with Crippen molar-refractivity contribution in [1.82, 2.24) is 0 Å². The second-order valence-electron chi connectivity index (χ2n) is 5.41. The van der Waals surface area contributed by atoms with Crippen LogP contribution in [-0.4, -0.2) is 6.04 Å². The summed E-state index contributed by atoms with van der Waals surface area (Å²) in [6.45, 7) is 5.94. The lowest BCUT2D eigenvalue weighted by Gasteiger charge is -2.15. The maximum atomic E-state index is 6.20. The lowest BCUT2D eigenvalue weighted by molar-refractivity contribution is 0.473. The zero-order chi connectivity index (χ0) is 15.6. The van der Waals surface area contributed by atoms with Gasteiger partial charge in [0.2, 0.25) is 0 Å². The highest BCUT2D eigenvalue weighted by atomic mass is 79.9. The van der Waals surface area contributed by atoms with Gasteiger partial charge in [0.25, 0.3) is 0 Å². The van der Waals surface area contributed by atoms with Crippen LogP contribution in [0.15, 0.2) is 34.8 Å². The van der Waals surface area contributed by atoms with Gasteiger partial charge in [-0.25, -0.2) is 0 Å². The van der Waals surface area contributed by atoms with Crippen molar-refractivity contribution in [3.05, 3.63) is 56.5 Å². The van der Waals surface area contributed by atoms with E-state index in [0.717, 1.165) is 44.1 Å². The minimum absolute atomic E-state index is 0.0790. The van der Waals surface area contributed by atoms with Crippen LogP contribution in [0.3, 0.4) is 0 Å². The molecule has 0 aliphatic carbocycles. The lowest BCUT2D eigenvalue weighted by atomic mass is 10.1. The number of hydrogen-bond acceptors (Lipinski definition) is 2. The van der Waals surface area contributed by atoms with Crippen LogP contribution < -0.4 is 10.5 Å². The Bertz CT molecular complexity index is 632. The molecule has 112 valence electrons. The summed E-state index contributed by atoms with van der Waals surface area (Å²) in [5, 5.41) is 0.786. The molecule has 0 bridgehead atoms. The molecule has 2 rings (SSSR count). The summed E-state index contributed by atoms with van der Waals surface area (Å²) < 4.78 is 7.07. The predicted octanol–water partition coefficient (Wildman–Crippen LogP) is 5.40. The Morgan fingerprint density at radius 3 is 2.38 bits per heavy atom. The zero-order valence-electron chi connectivity index (χ0n) is 12.4. The number of halogens is 2. The molecular weight excluding hydrogens is 350 g/mol. The molecule has 0 amide bonds. The molecule has 2 aromatic carbocycles. The number of rotatable bonds is 4. The molecule has 0 heterocycles. The molecule has 21 heavy (non-hydrogen) atoms. The topological polar surface area (TPSA) is 35.2 Å². The van der Waals surface area contributed by atoms with Crippen molar-refractivity contribution in [1.29, 1.82) is 0 Å². The summed E-state index contributed by atoms with van der Waals surface area (Å²) in [6, 6.07) is 9.96. The number of nitrogens with two attached hydrogens (primary N) is 1. The summed E-state index contributed by atoms with van der Waals surface area (Å²) in [7, 11) is 0. The summed E-state index contributed by atoms with van der Waals surface area (Å²) in [4.78, 5) is 0. The zero-order valence-corrected chi connectivity index (χ0v) is 14.8. The van der Waals surface area contributed by atoms with E-state index in [0.29, 0.717) is 0 Å². The van der Waals surface area contributed by atoms with E-state index < -0.39 is 0 Å². The molecule has 2 nitrogen and oxygen atoms in total. The van der Waals surface area contributed by atoms with Gasteiger partial charge in [-0.1, -0.05) is 27.5 Å². The van der Waals surface area contributed by atoms with Crippen molar-refractivity contribution in [3.8, 4) is 11.5 Å². The van der Waals surface area contributed by atoms with Gasteiger partial charge in [0.05, 0.1) is 0 Å². The Kier molecular flexibility index (Phi) is 5.31. The molecule has 1 atom stereocenters. The average Bonchev–Trinajstić information content (AvgIpc) is 2.38. The highest BCUT2D eigenvalue weighted by Crippen LogP contribution is 2.32. The van der Waals surface area contributed by atoms with Crippen LogP contribution >= 0.6 is 27.5 Å². The monoisotopic (exact) mass is 367 g/mol. The third-order valence-corrected chi connectivity index (χ3v) is 4.29. The molecule has 2 N–H and O–H groups in total. The van der Waals surface area contributed by atoms with E-state index in [2.05, 4.69) is 15.9 Å². The highest BCUT2D eigenvalue weighted by molar-refractivity contribution is 9.10. The van der Waals surface area contributed by atoms with Gasteiger partial charge in [0.1, 0.15) is 11.5 Å². The number of ether oxygens (including phenoxy) is 1. The second-order valence-corrected chi connectivity index (χ2v) is 6.70. The lowest BCUT2D eigenvalue weighted by Crippen LogP contribution is -2.18. The Morgan fingerprint density at radius 2 is 1.81 bits per heavy atom. The van der Waals surface area contributed by atoms with Crippen molar-refractivity contribution in [3.63, 3.8) is 0 Å².